The summed E-state index contributed by atoms with van der Waals surface area (Å²) in [4.78, 5) is 33.7. The first-order valence-corrected chi connectivity index (χ1v) is 12.0. The first-order valence-electron chi connectivity index (χ1n) is 11.3. The average molecular weight is 498 g/mol. The predicted molar refractivity (Wildman–Crippen MR) is 136 cm³/mol. The molecule has 1 atom stereocenters. The quantitative estimate of drug-likeness (QED) is 0.418. The van der Waals surface area contributed by atoms with Crippen LogP contribution < -0.4 is 16.1 Å². The van der Waals surface area contributed by atoms with Gasteiger partial charge in [-0.25, -0.2) is 4.79 Å². The number of aryl methyl sites for hydroxylation is 1. The van der Waals surface area contributed by atoms with Gasteiger partial charge in [-0.15, -0.1) is 0 Å². The van der Waals surface area contributed by atoms with E-state index in [1.807, 2.05) is 22.8 Å². The summed E-state index contributed by atoms with van der Waals surface area (Å²) in [5.41, 5.74) is 1.96. The Kier molecular flexibility index (Phi) is 6.00. The van der Waals surface area contributed by atoms with Gasteiger partial charge in [0.05, 0.1) is 6.54 Å². The SMILES string of the molecule is C[C@H]1CN(CCc2ccccc2)c2nc3c(c(=O)n(Cc4ccc(Cl)cc4Cl)c(=O)n3C)n2C1. The van der Waals surface area contributed by atoms with Crippen LogP contribution in [0.4, 0.5) is 5.95 Å². The highest BCUT2D eigenvalue weighted by molar-refractivity contribution is 6.35. The molecule has 0 unspecified atom stereocenters. The maximum absolute atomic E-state index is 13.6. The molecule has 2 aromatic heterocycles. The molecule has 0 bridgehead atoms. The van der Waals surface area contributed by atoms with Crippen LogP contribution in [0.5, 0.6) is 0 Å². The highest BCUT2D eigenvalue weighted by atomic mass is 35.5. The van der Waals surface area contributed by atoms with Crippen molar-refractivity contribution in [3.05, 3.63) is 90.5 Å². The number of halogens is 2. The van der Waals surface area contributed by atoms with Crippen LogP contribution in [0, 0.1) is 5.92 Å². The topological polar surface area (TPSA) is 65.1 Å². The number of aromatic nitrogens is 4. The van der Waals surface area contributed by atoms with E-state index in [9.17, 15) is 9.59 Å². The Morgan fingerprint density at radius 1 is 1.06 bits per heavy atom. The van der Waals surface area contributed by atoms with Crippen molar-refractivity contribution in [3.63, 3.8) is 0 Å². The van der Waals surface area contributed by atoms with Crippen molar-refractivity contribution in [3.8, 4) is 0 Å². The van der Waals surface area contributed by atoms with Gasteiger partial charge in [0.15, 0.2) is 11.2 Å². The Bertz CT molecular complexity index is 1490. The Balaban J connectivity index is 1.59. The number of hydrogen-bond donors (Lipinski definition) is 0. The molecule has 0 spiro atoms. The van der Waals surface area contributed by atoms with Crippen molar-refractivity contribution in [1.29, 1.82) is 0 Å². The van der Waals surface area contributed by atoms with E-state index in [0.29, 0.717) is 39.2 Å². The molecule has 0 amide bonds. The lowest BCUT2D eigenvalue weighted by Gasteiger charge is -2.33. The molecule has 176 valence electrons. The van der Waals surface area contributed by atoms with E-state index in [1.165, 1.54) is 14.7 Å². The maximum atomic E-state index is 13.6. The van der Waals surface area contributed by atoms with Gasteiger partial charge in [-0.2, -0.15) is 4.98 Å². The van der Waals surface area contributed by atoms with Crippen LogP contribution in [-0.4, -0.2) is 31.8 Å². The summed E-state index contributed by atoms with van der Waals surface area (Å²) in [6.45, 7) is 4.52. The summed E-state index contributed by atoms with van der Waals surface area (Å²) in [6, 6.07) is 15.3. The summed E-state index contributed by atoms with van der Waals surface area (Å²) in [5, 5.41) is 0.913. The highest BCUT2D eigenvalue weighted by Crippen LogP contribution is 2.27. The minimum atomic E-state index is -0.428. The molecule has 0 fully saturated rings. The average Bonchev–Trinajstić information content (AvgIpc) is 3.20. The fraction of sp³-hybridized carbons (Fsp3) is 0.320. The second-order valence-corrected chi connectivity index (χ2v) is 9.79. The zero-order valence-electron chi connectivity index (χ0n) is 19.0. The van der Waals surface area contributed by atoms with Gasteiger partial charge in [-0.05, 0) is 35.6 Å². The van der Waals surface area contributed by atoms with Gasteiger partial charge in [0.1, 0.15) is 0 Å². The number of anilines is 1. The second kappa shape index (κ2) is 8.96. The second-order valence-electron chi connectivity index (χ2n) is 8.95. The van der Waals surface area contributed by atoms with Crippen LogP contribution >= 0.6 is 23.2 Å². The fourth-order valence-corrected chi connectivity index (χ4v) is 5.13. The molecule has 1 aliphatic heterocycles. The van der Waals surface area contributed by atoms with Gasteiger partial charge in [-0.3, -0.25) is 13.9 Å². The van der Waals surface area contributed by atoms with Crippen LogP contribution in [0.1, 0.15) is 18.1 Å². The third-order valence-electron chi connectivity index (χ3n) is 6.38. The molecule has 1 aliphatic rings. The largest absolute Gasteiger partial charge is 0.342 e. The molecule has 34 heavy (non-hydrogen) atoms. The Morgan fingerprint density at radius 2 is 1.82 bits per heavy atom. The third-order valence-corrected chi connectivity index (χ3v) is 6.97. The molecule has 3 heterocycles. The van der Waals surface area contributed by atoms with Crippen molar-refractivity contribution < 1.29 is 0 Å². The Labute approximate surface area is 206 Å². The van der Waals surface area contributed by atoms with E-state index >= 15 is 0 Å². The summed E-state index contributed by atoms with van der Waals surface area (Å²) >= 11 is 12.3. The predicted octanol–water partition coefficient (Wildman–Crippen LogP) is 3.95. The molecule has 9 heteroatoms. The molecule has 0 saturated carbocycles. The Morgan fingerprint density at radius 3 is 2.56 bits per heavy atom. The third kappa shape index (κ3) is 4.03. The molecule has 0 N–H and O–H groups in total. The molecule has 2 aromatic carbocycles. The minimum absolute atomic E-state index is 0.0608. The Hall–Kier alpha value is -3.03. The van der Waals surface area contributed by atoms with Crippen LogP contribution in [0.25, 0.3) is 11.2 Å². The number of fused-ring (bicyclic) bond motifs is 3. The molecule has 4 aromatic rings. The van der Waals surface area contributed by atoms with E-state index < -0.39 is 5.69 Å². The minimum Gasteiger partial charge on any atom is -0.342 e. The summed E-state index contributed by atoms with van der Waals surface area (Å²) in [5.74, 6) is 1.06. The van der Waals surface area contributed by atoms with Crippen LogP contribution in [0.3, 0.4) is 0 Å². The smallest absolute Gasteiger partial charge is 0.332 e. The molecule has 5 rings (SSSR count). The molecule has 0 aliphatic carbocycles. The van der Waals surface area contributed by atoms with Gasteiger partial charge in [0, 0.05) is 36.7 Å². The first-order chi connectivity index (χ1) is 16.3. The molecule has 7 nitrogen and oxygen atoms in total. The van der Waals surface area contributed by atoms with Crippen molar-refractivity contribution in [2.45, 2.75) is 26.4 Å². The van der Waals surface area contributed by atoms with Gasteiger partial charge in [0.2, 0.25) is 5.95 Å². The number of rotatable bonds is 5. The summed E-state index contributed by atoms with van der Waals surface area (Å²) < 4.78 is 4.64. The van der Waals surface area contributed by atoms with Crippen LogP contribution in [0.2, 0.25) is 10.0 Å². The van der Waals surface area contributed by atoms with Crippen LogP contribution in [-0.2, 0) is 26.6 Å². The number of hydrogen-bond acceptors (Lipinski definition) is 4. The van der Waals surface area contributed by atoms with Crippen molar-refractivity contribution in [2.24, 2.45) is 13.0 Å². The van der Waals surface area contributed by atoms with Crippen LogP contribution in [0.15, 0.2) is 58.1 Å². The zero-order valence-corrected chi connectivity index (χ0v) is 20.6. The van der Waals surface area contributed by atoms with Crippen molar-refractivity contribution in [2.75, 3.05) is 18.0 Å². The van der Waals surface area contributed by atoms with E-state index in [-0.39, 0.29) is 12.1 Å². The lowest BCUT2D eigenvalue weighted by Crippen LogP contribution is -2.41. The van der Waals surface area contributed by atoms with E-state index in [2.05, 4.69) is 24.0 Å². The van der Waals surface area contributed by atoms with Gasteiger partial charge >= 0.3 is 5.69 Å². The first kappa shape index (κ1) is 22.7. The van der Waals surface area contributed by atoms with E-state index in [0.717, 1.165) is 25.5 Å². The number of benzene rings is 2. The molecule has 0 radical (unpaired) electrons. The van der Waals surface area contributed by atoms with Crippen molar-refractivity contribution in [1.82, 2.24) is 18.7 Å². The lowest BCUT2D eigenvalue weighted by molar-refractivity contribution is 0.437. The standard InChI is InChI=1S/C25H25Cl2N5O2/c1-16-13-30(11-10-17-6-4-3-5-7-17)24-28-22-21(31(24)14-16)23(33)32(25(34)29(22)2)15-18-8-9-19(26)12-20(18)27/h3-9,12,16H,10-11,13-15H2,1-2H3/t16-/m0/s1. The highest BCUT2D eigenvalue weighted by Gasteiger charge is 2.29. The van der Waals surface area contributed by atoms with Gasteiger partial charge in [-0.1, -0.05) is 66.5 Å². The van der Waals surface area contributed by atoms with Gasteiger partial charge < -0.3 is 9.47 Å². The normalized spacial score (nSPS) is 15.6. The maximum Gasteiger partial charge on any atom is 0.332 e. The van der Waals surface area contributed by atoms with Gasteiger partial charge in [0.25, 0.3) is 5.56 Å². The number of nitrogens with zero attached hydrogens (tertiary/aromatic N) is 5. The fourth-order valence-electron chi connectivity index (χ4n) is 4.66. The molecule has 0 saturated heterocycles. The molecular weight excluding hydrogens is 473 g/mol. The molecular formula is C25H25Cl2N5O2. The van der Waals surface area contributed by atoms with E-state index in [1.54, 1.807) is 25.2 Å². The monoisotopic (exact) mass is 497 g/mol. The zero-order chi connectivity index (χ0) is 24.0. The van der Waals surface area contributed by atoms with Crippen molar-refractivity contribution >= 4 is 40.3 Å². The summed E-state index contributed by atoms with van der Waals surface area (Å²) in [7, 11) is 1.65. The van der Waals surface area contributed by atoms with E-state index in [4.69, 9.17) is 28.2 Å². The number of imidazole rings is 1. The lowest BCUT2D eigenvalue weighted by atomic mass is 10.1. The summed E-state index contributed by atoms with van der Waals surface area (Å²) in [6.07, 6.45) is 0.870.